The van der Waals surface area contributed by atoms with Gasteiger partial charge in [-0.15, -0.1) is 16.7 Å². The number of halogens is 1. The fraction of sp³-hybridized carbons (Fsp3) is 0.375. The van der Waals surface area contributed by atoms with E-state index in [4.69, 9.17) is 11.6 Å². The van der Waals surface area contributed by atoms with Gasteiger partial charge < -0.3 is 0 Å². The van der Waals surface area contributed by atoms with Gasteiger partial charge in [-0.2, -0.15) is 5.10 Å². The van der Waals surface area contributed by atoms with Gasteiger partial charge in [-0.25, -0.2) is 4.68 Å². The lowest BCUT2D eigenvalue weighted by Crippen LogP contribution is -2.06. The Labute approximate surface area is 86.1 Å². The van der Waals surface area contributed by atoms with E-state index in [1.54, 1.807) is 17.1 Å². The molecule has 2 aromatic heterocycles. The van der Waals surface area contributed by atoms with Crippen LogP contribution < -0.4 is 0 Å². The molecule has 0 aliphatic rings. The SMILES string of the molecule is CC(Cl)c1cnnn1Cc1cn[nH]c1. The van der Waals surface area contributed by atoms with Crippen molar-refractivity contribution in [3.05, 3.63) is 29.8 Å². The summed E-state index contributed by atoms with van der Waals surface area (Å²) in [5.74, 6) is 0. The molecule has 5 nitrogen and oxygen atoms in total. The van der Waals surface area contributed by atoms with Gasteiger partial charge in [0.15, 0.2) is 0 Å². The van der Waals surface area contributed by atoms with Gasteiger partial charge in [0.2, 0.25) is 0 Å². The first-order valence-electron chi connectivity index (χ1n) is 4.27. The topological polar surface area (TPSA) is 59.4 Å². The first kappa shape index (κ1) is 9.21. The Morgan fingerprint density at radius 1 is 1.57 bits per heavy atom. The molecule has 0 amide bonds. The van der Waals surface area contributed by atoms with Crippen molar-refractivity contribution in [2.75, 3.05) is 0 Å². The van der Waals surface area contributed by atoms with Crippen LogP contribution in [0.4, 0.5) is 0 Å². The number of hydrogen-bond donors (Lipinski definition) is 1. The van der Waals surface area contributed by atoms with Gasteiger partial charge >= 0.3 is 0 Å². The molecule has 0 aliphatic carbocycles. The lowest BCUT2D eigenvalue weighted by molar-refractivity contribution is 0.618. The maximum absolute atomic E-state index is 5.97. The van der Waals surface area contributed by atoms with Crippen LogP contribution in [0.2, 0.25) is 0 Å². The third-order valence-corrected chi connectivity index (χ3v) is 2.17. The third-order valence-electron chi connectivity index (χ3n) is 1.94. The van der Waals surface area contributed by atoms with Crippen LogP contribution in [0.3, 0.4) is 0 Å². The first-order chi connectivity index (χ1) is 6.77. The maximum Gasteiger partial charge on any atom is 0.0767 e. The van der Waals surface area contributed by atoms with Crippen LogP contribution in [0.25, 0.3) is 0 Å². The molecule has 0 bridgehead atoms. The molecule has 1 N–H and O–H groups in total. The van der Waals surface area contributed by atoms with E-state index in [0.29, 0.717) is 6.54 Å². The van der Waals surface area contributed by atoms with Crippen molar-refractivity contribution in [2.45, 2.75) is 18.8 Å². The van der Waals surface area contributed by atoms with Crippen LogP contribution in [0.1, 0.15) is 23.6 Å². The van der Waals surface area contributed by atoms with Gasteiger partial charge in [0.05, 0.1) is 30.0 Å². The van der Waals surface area contributed by atoms with Crippen LogP contribution in [-0.4, -0.2) is 25.2 Å². The zero-order valence-corrected chi connectivity index (χ0v) is 8.44. The lowest BCUT2D eigenvalue weighted by atomic mass is 10.3. The Hall–Kier alpha value is -1.36. The minimum atomic E-state index is -0.0862. The van der Waals surface area contributed by atoms with Crippen LogP contribution in [0.5, 0.6) is 0 Å². The van der Waals surface area contributed by atoms with E-state index in [0.717, 1.165) is 11.3 Å². The Bertz CT molecular complexity index is 392. The Morgan fingerprint density at radius 2 is 2.43 bits per heavy atom. The second kappa shape index (κ2) is 3.79. The van der Waals surface area contributed by atoms with Gasteiger partial charge in [0, 0.05) is 11.8 Å². The first-order valence-corrected chi connectivity index (χ1v) is 4.71. The lowest BCUT2D eigenvalue weighted by Gasteiger charge is -2.05. The number of hydrogen-bond acceptors (Lipinski definition) is 3. The fourth-order valence-corrected chi connectivity index (χ4v) is 1.40. The van der Waals surface area contributed by atoms with E-state index >= 15 is 0 Å². The van der Waals surface area contributed by atoms with Gasteiger partial charge in [-0.3, -0.25) is 5.10 Å². The molecule has 0 spiro atoms. The van der Waals surface area contributed by atoms with Gasteiger partial charge in [0.1, 0.15) is 0 Å². The average Bonchev–Trinajstić information content (AvgIpc) is 2.75. The van der Waals surface area contributed by atoms with Crippen LogP contribution in [-0.2, 0) is 6.54 Å². The molecule has 74 valence electrons. The van der Waals surface area contributed by atoms with Gasteiger partial charge in [0.25, 0.3) is 0 Å². The molecule has 14 heavy (non-hydrogen) atoms. The predicted octanol–water partition coefficient (Wildman–Crippen LogP) is 1.35. The highest BCUT2D eigenvalue weighted by Crippen LogP contribution is 2.18. The number of aromatic amines is 1. The summed E-state index contributed by atoms with van der Waals surface area (Å²) in [4.78, 5) is 0. The van der Waals surface area contributed by atoms with E-state index in [1.165, 1.54) is 0 Å². The van der Waals surface area contributed by atoms with E-state index in [-0.39, 0.29) is 5.38 Å². The van der Waals surface area contributed by atoms with Crippen molar-refractivity contribution in [2.24, 2.45) is 0 Å². The molecular weight excluding hydrogens is 202 g/mol. The Balaban J connectivity index is 2.21. The molecule has 6 heteroatoms. The second-order valence-corrected chi connectivity index (χ2v) is 3.69. The summed E-state index contributed by atoms with van der Waals surface area (Å²) in [5, 5.41) is 14.3. The summed E-state index contributed by atoms with van der Waals surface area (Å²) >= 11 is 5.97. The van der Waals surface area contributed by atoms with Crippen molar-refractivity contribution in [3.8, 4) is 0 Å². The molecule has 0 aromatic carbocycles. The maximum atomic E-state index is 5.97. The van der Waals surface area contributed by atoms with Crippen molar-refractivity contribution in [3.63, 3.8) is 0 Å². The van der Waals surface area contributed by atoms with Crippen molar-refractivity contribution >= 4 is 11.6 Å². The van der Waals surface area contributed by atoms with Crippen molar-refractivity contribution in [1.82, 2.24) is 25.2 Å². The number of aromatic nitrogens is 5. The third kappa shape index (κ3) is 1.77. The normalized spacial score (nSPS) is 13.0. The number of nitrogens with one attached hydrogen (secondary N) is 1. The summed E-state index contributed by atoms with van der Waals surface area (Å²) < 4.78 is 1.77. The zero-order valence-electron chi connectivity index (χ0n) is 7.68. The number of alkyl halides is 1. The molecule has 2 heterocycles. The van der Waals surface area contributed by atoms with Crippen molar-refractivity contribution < 1.29 is 0 Å². The molecular formula is C8H10ClN5. The molecule has 2 aromatic rings. The summed E-state index contributed by atoms with van der Waals surface area (Å²) in [5.41, 5.74) is 1.96. The summed E-state index contributed by atoms with van der Waals surface area (Å²) in [7, 11) is 0. The number of rotatable bonds is 3. The monoisotopic (exact) mass is 211 g/mol. The van der Waals surface area contributed by atoms with E-state index in [9.17, 15) is 0 Å². The molecule has 1 atom stereocenters. The summed E-state index contributed by atoms with van der Waals surface area (Å²) in [6.45, 7) is 2.54. The fourth-order valence-electron chi connectivity index (χ4n) is 1.23. The average molecular weight is 212 g/mol. The smallest absolute Gasteiger partial charge is 0.0767 e. The second-order valence-electron chi connectivity index (χ2n) is 3.04. The van der Waals surface area contributed by atoms with Crippen LogP contribution >= 0.6 is 11.6 Å². The minimum Gasteiger partial charge on any atom is -0.285 e. The molecule has 1 unspecified atom stereocenters. The summed E-state index contributed by atoms with van der Waals surface area (Å²) in [6.07, 6.45) is 5.26. The predicted molar refractivity (Wildman–Crippen MR) is 52.0 cm³/mol. The number of H-pyrrole nitrogens is 1. The molecule has 0 saturated carbocycles. The van der Waals surface area contributed by atoms with Gasteiger partial charge in [-0.1, -0.05) is 5.21 Å². The van der Waals surface area contributed by atoms with E-state index in [1.807, 2.05) is 13.1 Å². The number of nitrogens with zero attached hydrogens (tertiary/aromatic N) is 4. The Kier molecular flexibility index (Phi) is 2.49. The van der Waals surface area contributed by atoms with E-state index < -0.39 is 0 Å². The molecule has 2 rings (SSSR count). The zero-order chi connectivity index (χ0) is 9.97. The molecule has 0 saturated heterocycles. The Morgan fingerprint density at radius 3 is 3.07 bits per heavy atom. The molecule has 0 aliphatic heterocycles. The van der Waals surface area contributed by atoms with Gasteiger partial charge in [-0.05, 0) is 6.92 Å². The quantitative estimate of drug-likeness (QED) is 0.780. The highest BCUT2D eigenvalue weighted by Gasteiger charge is 2.09. The molecule has 0 radical (unpaired) electrons. The molecule has 0 fully saturated rings. The van der Waals surface area contributed by atoms with Crippen LogP contribution in [0, 0.1) is 0 Å². The summed E-state index contributed by atoms with van der Waals surface area (Å²) in [6, 6.07) is 0. The highest BCUT2D eigenvalue weighted by atomic mass is 35.5. The van der Waals surface area contributed by atoms with E-state index in [2.05, 4.69) is 20.5 Å². The standard InChI is InChI=1S/C8H10ClN5/c1-6(9)8-4-12-13-14(8)5-7-2-10-11-3-7/h2-4,6H,5H2,1H3,(H,10,11). The van der Waals surface area contributed by atoms with Crippen molar-refractivity contribution in [1.29, 1.82) is 0 Å². The minimum absolute atomic E-state index is 0.0862. The highest BCUT2D eigenvalue weighted by molar-refractivity contribution is 6.20. The van der Waals surface area contributed by atoms with Crippen LogP contribution in [0.15, 0.2) is 18.6 Å². The largest absolute Gasteiger partial charge is 0.285 e.